The number of hydrogen-bond donors (Lipinski definition) is 3. The molecule has 1 aromatic heterocycles. The number of alkyl halides is 4. The monoisotopic (exact) mass is 653 g/mol. The van der Waals surface area contributed by atoms with Crippen molar-refractivity contribution >= 4 is 39.1 Å². The largest absolute Gasteiger partial charge is 0.495 e. The molecule has 0 radical (unpaired) electrons. The maximum absolute atomic E-state index is 14.4. The Morgan fingerprint density at radius 2 is 1.93 bits per heavy atom. The topological polar surface area (TPSA) is 129 Å². The fourth-order valence-corrected chi connectivity index (χ4v) is 5.31. The van der Waals surface area contributed by atoms with E-state index in [9.17, 15) is 30.8 Å². The van der Waals surface area contributed by atoms with Crippen molar-refractivity contribution in [1.82, 2.24) is 20.2 Å². The van der Waals surface area contributed by atoms with Crippen LogP contribution in [-0.2, 0) is 22.7 Å². The third-order valence-corrected chi connectivity index (χ3v) is 8.58. The first kappa shape index (κ1) is 33.7. The fraction of sp³-hybridized carbons (Fsp3) is 0.414. The van der Waals surface area contributed by atoms with Crippen molar-refractivity contribution in [3.05, 3.63) is 64.8 Å². The molecule has 1 aliphatic rings. The molecule has 244 valence electrons. The molecule has 3 aromatic rings. The molecule has 0 saturated carbocycles. The number of nitrogens with zero attached hydrogens (tertiary/aromatic N) is 4. The van der Waals surface area contributed by atoms with Gasteiger partial charge in [-0.05, 0) is 55.8 Å². The van der Waals surface area contributed by atoms with Gasteiger partial charge < -0.3 is 25.6 Å². The number of benzene rings is 2. The van der Waals surface area contributed by atoms with E-state index >= 15 is 0 Å². The van der Waals surface area contributed by atoms with Crippen molar-refractivity contribution in [2.24, 2.45) is 0 Å². The number of anilines is 4. The van der Waals surface area contributed by atoms with E-state index in [1.807, 2.05) is 4.90 Å². The molecule has 1 fully saturated rings. The van der Waals surface area contributed by atoms with Crippen molar-refractivity contribution in [2.45, 2.75) is 38.3 Å². The van der Waals surface area contributed by atoms with Crippen molar-refractivity contribution in [3.63, 3.8) is 0 Å². The second kappa shape index (κ2) is 13.4. The number of sulfonamides is 1. The van der Waals surface area contributed by atoms with Crippen LogP contribution in [0.25, 0.3) is 0 Å². The van der Waals surface area contributed by atoms with Gasteiger partial charge in [-0.2, -0.15) is 18.2 Å². The Morgan fingerprint density at radius 3 is 2.58 bits per heavy atom. The number of piperidine rings is 1. The summed E-state index contributed by atoms with van der Waals surface area (Å²) in [6.07, 6.45) is -3.90. The van der Waals surface area contributed by atoms with Gasteiger partial charge in [0.25, 0.3) is 5.91 Å². The van der Waals surface area contributed by atoms with E-state index in [1.165, 1.54) is 32.4 Å². The van der Waals surface area contributed by atoms with Gasteiger partial charge in [0.1, 0.15) is 23.3 Å². The molecule has 0 bridgehead atoms. The maximum Gasteiger partial charge on any atom is 0.421 e. The second-order valence-electron chi connectivity index (χ2n) is 10.9. The molecule has 2 heterocycles. The minimum absolute atomic E-state index is 0.175. The molecular formula is C29H35F4N7O4S. The molecule has 11 nitrogen and oxygen atoms in total. The zero-order chi connectivity index (χ0) is 33.1. The Labute approximate surface area is 259 Å². The molecule has 1 aliphatic heterocycles. The number of carbonyl (C=O) groups is 1. The highest BCUT2D eigenvalue weighted by Gasteiger charge is 2.35. The molecule has 1 saturated heterocycles. The van der Waals surface area contributed by atoms with Crippen molar-refractivity contribution < 1.29 is 35.5 Å². The van der Waals surface area contributed by atoms with Gasteiger partial charge in [-0.15, -0.1) is 0 Å². The summed E-state index contributed by atoms with van der Waals surface area (Å²) in [5.41, 5.74) is 0.824. The molecule has 4 rings (SSSR count). The number of nitrogens with one attached hydrogen (secondary N) is 3. The van der Waals surface area contributed by atoms with Gasteiger partial charge in [0.2, 0.25) is 16.0 Å². The van der Waals surface area contributed by atoms with Gasteiger partial charge >= 0.3 is 6.18 Å². The minimum Gasteiger partial charge on any atom is -0.495 e. The van der Waals surface area contributed by atoms with Crippen LogP contribution >= 0.6 is 0 Å². The Hall–Kier alpha value is -4.18. The second-order valence-corrected chi connectivity index (χ2v) is 12.9. The number of halogens is 4. The lowest BCUT2D eigenvalue weighted by Gasteiger charge is -2.32. The van der Waals surface area contributed by atoms with Crippen LogP contribution in [0.2, 0.25) is 0 Å². The number of hydrogen-bond acceptors (Lipinski definition) is 9. The van der Waals surface area contributed by atoms with Crippen molar-refractivity contribution in [1.29, 1.82) is 0 Å². The molecule has 45 heavy (non-hydrogen) atoms. The van der Waals surface area contributed by atoms with E-state index in [0.717, 1.165) is 16.1 Å². The summed E-state index contributed by atoms with van der Waals surface area (Å²) < 4.78 is 86.9. The third-order valence-electron chi connectivity index (χ3n) is 7.39. The zero-order valence-corrected chi connectivity index (χ0v) is 26.2. The van der Waals surface area contributed by atoms with Crippen LogP contribution in [0, 0.1) is 6.92 Å². The fourth-order valence-electron chi connectivity index (χ4n) is 4.79. The lowest BCUT2D eigenvalue weighted by Crippen LogP contribution is -2.51. The van der Waals surface area contributed by atoms with E-state index in [0.29, 0.717) is 30.4 Å². The molecule has 1 amide bonds. The predicted octanol–water partition coefficient (Wildman–Crippen LogP) is 4.34. The van der Waals surface area contributed by atoms with E-state index in [-0.39, 0.29) is 36.0 Å². The molecule has 16 heteroatoms. The van der Waals surface area contributed by atoms with Crippen LogP contribution in [0.3, 0.4) is 0 Å². The van der Waals surface area contributed by atoms with Crippen LogP contribution in [-0.4, -0.2) is 82.0 Å². The molecule has 2 atom stereocenters. The van der Waals surface area contributed by atoms with E-state index < -0.39 is 45.7 Å². The van der Waals surface area contributed by atoms with Gasteiger partial charge in [0, 0.05) is 38.4 Å². The summed E-state index contributed by atoms with van der Waals surface area (Å²) in [5.74, 6) is -1.06. The number of aryl methyl sites for hydroxylation is 1. The average molecular weight is 654 g/mol. The zero-order valence-electron chi connectivity index (χ0n) is 25.4. The summed E-state index contributed by atoms with van der Waals surface area (Å²) >= 11 is 0. The summed E-state index contributed by atoms with van der Waals surface area (Å²) in [7, 11) is 0.872. The molecule has 2 unspecified atom stereocenters. The molecule has 3 N–H and O–H groups in total. The quantitative estimate of drug-likeness (QED) is 0.274. The van der Waals surface area contributed by atoms with Crippen LogP contribution in [0.5, 0.6) is 5.75 Å². The first-order valence-electron chi connectivity index (χ1n) is 13.9. The normalized spacial score (nSPS) is 17.4. The van der Waals surface area contributed by atoms with Crippen LogP contribution in [0.15, 0.2) is 42.6 Å². The summed E-state index contributed by atoms with van der Waals surface area (Å²) in [6, 6.07) is 8.68. The smallest absolute Gasteiger partial charge is 0.421 e. The molecular weight excluding hydrogens is 618 g/mol. The standard InChI is InChI=1S/C29H35F4N7O4S/c1-17-6-7-19(24(12-17)40(3)45(5,42)43)14-34-26-20(29(31,32)33)15-35-28(38-26)37-23-9-8-18(13-25(23)44-4)27(41)36-22-10-11-39(2)16-21(22)30/h6-9,12-13,15,21-22H,10-11,14,16H2,1-5H3,(H,36,41)(H2,34,35,37,38). The number of likely N-dealkylation sites (tertiary alicyclic amines) is 1. The van der Waals surface area contributed by atoms with E-state index in [4.69, 9.17) is 4.74 Å². The van der Waals surface area contributed by atoms with Crippen LogP contribution in [0.4, 0.5) is 40.7 Å². The van der Waals surface area contributed by atoms with E-state index in [1.54, 1.807) is 32.2 Å². The van der Waals surface area contributed by atoms with Gasteiger partial charge in [-0.25, -0.2) is 17.8 Å². The molecule has 0 spiro atoms. The summed E-state index contributed by atoms with van der Waals surface area (Å²) in [4.78, 5) is 22.6. The Kier molecular flexibility index (Phi) is 10.1. The lowest BCUT2D eigenvalue weighted by atomic mass is 10.0. The van der Waals surface area contributed by atoms with Crippen molar-refractivity contribution in [2.75, 3.05) is 55.5 Å². The average Bonchev–Trinajstić information content (AvgIpc) is 2.96. The maximum atomic E-state index is 14.4. The number of carbonyl (C=O) groups excluding carboxylic acids is 1. The number of amides is 1. The first-order valence-corrected chi connectivity index (χ1v) is 15.7. The number of methoxy groups -OCH3 is 1. The van der Waals surface area contributed by atoms with Gasteiger partial charge in [0.15, 0.2) is 0 Å². The third kappa shape index (κ3) is 8.30. The van der Waals surface area contributed by atoms with Crippen molar-refractivity contribution in [3.8, 4) is 5.75 Å². The lowest BCUT2D eigenvalue weighted by molar-refractivity contribution is -0.137. The highest BCUT2D eigenvalue weighted by atomic mass is 32.2. The predicted molar refractivity (Wildman–Crippen MR) is 163 cm³/mol. The van der Waals surface area contributed by atoms with Gasteiger partial charge in [-0.1, -0.05) is 12.1 Å². The Morgan fingerprint density at radius 1 is 1.20 bits per heavy atom. The highest BCUT2D eigenvalue weighted by Crippen LogP contribution is 2.36. The van der Waals surface area contributed by atoms with Gasteiger partial charge in [-0.3, -0.25) is 9.10 Å². The van der Waals surface area contributed by atoms with Crippen LogP contribution in [0.1, 0.15) is 33.5 Å². The Bertz CT molecular complexity index is 1660. The number of aromatic nitrogens is 2. The van der Waals surface area contributed by atoms with Crippen LogP contribution < -0.4 is 25.0 Å². The van der Waals surface area contributed by atoms with Gasteiger partial charge in [0.05, 0.1) is 30.8 Å². The SMILES string of the molecule is COc1cc(C(=O)NC2CCN(C)CC2F)ccc1Nc1ncc(C(F)(F)F)c(NCc2ccc(C)cc2N(C)S(C)(=O)=O)n1. The molecule has 0 aliphatic carbocycles. The number of ether oxygens (including phenoxy) is 1. The summed E-state index contributed by atoms with van der Waals surface area (Å²) in [6.45, 7) is 2.44. The first-order chi connectivity index (χ1) is 21.1. The molecule has 2 aromatic carbocycles. The highest BCUT2D eigenvalue weighted by molar-refractivity contribution is 7.92. The Balaban J connectivity index is 1.57. The van der Waals surface area contributed by atoms with E-state index in [2.05, 4.69) is 25.9 Å². The number of rotatable bonds is 10. The minimum atomic E-state index is -4.79. The summed E-state index contributed by atoms with van der Waals surface area (Å²) in [5, 5.41) is 8.20.